The van der Waals surface area contributed by atoms with Crippen molar-refractivity contribution in [1.82, 2.24) is 20.1 Å². The molecule has 0 amide bonds. The molecule has 0 spiro atoms. The largest absolute Gasteiger partial charge is 0.369 e. The van der Waals surface area contributed by atoms with Crippen LogP contribution in [0.3, 0.4) is 0 Å². The van der Waals surface area contributed by atoms with Crippen LogP contribution < -0.4 is 15.5 Å². The van der Waals surface area contributed by atoms with E-state index in [1.807, 2.05) is 7.05 Å². The molecule has 0 unspecified atom stereocenters. The predicted octanol–water partition coefficient (Wildman–Crippen LogP) is 2.26. The van der Waals surface area contributed by atoms with Gasteiger partial charge in [0.1, 0.15) is 0 Å². The molecule has 6 nitrogen and oxygen atoms in total. The van der Waals surface area contributed by atoms with Gasteiger partial charge in [-0.15, -0.1) is 0 Å². The maximum Gasteiger partial charge on any atom is 0.191 e. The maximum absolute atomic E-state index is 4.30. The van der Waals surface area contributed by atoms with Crippen molar-refractivity contribution in [3.63, 3.8) is 0 Å². The minimum Gasteiger partial charge on any atom is -0.369 e. The van der Waals surface area contributed by atoms with Crippen molar-refractivity contribution < 1.29 is 0 Å². The van der Waals surface area contributed by atoms with E-state index in [0.717, 1.165) is 58.2 Å². The molecule has 1 fully saturated rings. The zero-order valence-corrected chi connectivity index (χ0v) is 17.1. The van der Waals surface area contributed by atoms with Gasteiger partial charge in [0.05, 0.1) is 0 Å². The van der Waals surface area contributed by atoms with Crippen LogP contribution >= 0.6 is 0 Å². The predicted molar refractivity (Wildman–Crippen MR) is 118 cm³/mol. The molecule has 1 aromatic heterocycles. The Labute approximate surface area is 169 Å². The second-order valence-corrected chi connectivity index (χ2v) is 7.22. The Kier molecular flexibility index (Phi) is 8.25. The van der Waals surface area contributed by atoms with E-state index in [-0.39, 0.29) is 0 Å². The average Bonchev–Trinajstić information content (AvgIpc) is 3.27. The Balaban J connectivity index is 1.23. The zero-order chi connectivity index (χ0) is 19.4. The second kappa shape index (κ2) is 11.4. The van der Waals surface area contributed by atoms with Crippen LogP contribution in [0.2, 0.25) is 0 Å². The molecule has 6 heteroatoms. The number of rotatable bonds is 9. The molecule has 28 heavy (non-hydrogen) atoms. The molecule has 1 aromatic carbocycles. The maximum atomic E-state index is 4.30. The lowest BCUT2D eigenvalue weighted by Crippen LogP contribution is -2.46. The van der Waals surface area contributed by atoms with Crippen LogP contribution in [-0.2, 0) is 6.54 Å². The van der Waals surface area contributed by atoms with E-state index >= 15 is 0 Å². The standard InChI is InChI=1S/C22H34N6/c1-23-22(25-12-16-26-14-7-8-15-26)24-11-5-6-13-27-17-19-28(20-18-27)21-9-3-2-4-10-21/h2-4,7-10,14-15H,5-6,11-13,16-20H2,1H3,(H2,23,24,25). The van der Waals surface area contributed by atoms with Gasteiger partial charge in [-0.05, 0) is 43.7 Å². The van der Waals surface area contributed by atoms with Gasteiger partial charge in [-0.25, -0.2) is 0 Å². The van der Waals surface area contributed by atoms with E-state index in [9.17, 15) is 0 Å². The summed E-state index contributed by atoms with van der Waals surface area (Å²) >= 11 is 0. The van der Waals surface area contributed by atoms with Crippen LogP contribution in [0.1, 0.15) is 12.8 Å². The molecule has 152 valence electrons. The summed E-state index contributed by atoms with van der Waals surface area (Å²) in [7, 11) is 1.83. The van der Waals surface area contributed by atoms with Gasteiger partial charge >= 0.3 is 0 Å². The quantitative estimate of drug-likeness (QED) is 0.397. The van der Waals surface area contributed by atoms with Crippen molar-refractivity contribution in [3.8, 4) is 0 Å². The molecule has 1 aliphatic heterocycles. The number of aliphatic imine (C=N–C) groups is 1. The summed E-state index contributed by atoms with van der Waals surface area (Å²) in [5.41, 5.74) is 1.35. The van der Waals surface area contributed by atoms with E-state index in [1.165, 1.54) is 18.7 Å². The SMILES string of the molecule is CN=C(NCCCCN1CCN(c2ccccc2)CC1)NCCn1cccc1. The number of para-hydroxylation sites is 1. The molecule has 2 N–H and O–H groups in total. The number of guanidine groups is 1. The minimum atomic E-state index is 0.875. The first-order valence-electron chi connectivity index (χ1n) is 10.4. The molecule has 1 aliphatic rings. The highest BCUT2D eigenvalue weighted by Crippen LogP contribution is 2.15. The van der Waals surface area contributed by atoms with Gasteiger partial charge in [0, 0.05) is 70.9 Å². The van der Waals surface area contributed by atoms with E-state index in [0.29, 0.717) is 0 Å². The van der Waals surface area contributed by atoms with E-state index in [2.05, 4.69) is 84.9 Å². The smallest absolute Gasteiger partial charge is 0.191 e. The fraction of sp³-hybridized carbons (Fsp3) is 0.500. The van der Waals surface area contributed by atoms with Crippen molar-refractivity contribution >= 4 is 11.6 Å². The molecular formula is C22H34N6. The topological polar surface area (TPSA) is 47.8 Å². The normalized spacial score (nSPS) is 15.6. The van der Waals surface area contributed by atoms with Crippen LogP contribution in [0.25, 0.3) is 0 Å². The summed E-state index contributed by atoms with van der Waals surface area (Å²) in [6, 6.07) is 14.8. The molecule has 0 aliphatic carbocycles. The Morgan fingerprint density at radius 2 is 1.57 bits per heavy atom. The Morgan fingerprint density at radius 3 is 2.29 bits per heavy atom. The van der Waals surface area contributed by atoms with Crippen molar-refractivity contribution in [2.45, 2.75) is 19.4 Å². The number of piperazine rings is 1. The van der Waals surface area contributed by atoms with Crippen molar-refractivity contribution in [3.05, 3.63) is 54.9 Å². The number of nitrogens with zero attached hydrogens (tertiary/aromatic N) is 4. The van der Waals surface area contributed by atoms with E-state index in [4.69, 9.17) is 0 Å². The van der Waals surface area contributed by atoms with Gasteiger partial charge in [0.2, 0.25) is 0 Å². The fourth-order valence-electron chi connectivity index (χ4n) is 3.58. The summed E-state index contributed by atoms with van der Waals surface area (Å²) in [5.74, 6) is 0.892. The third kappa shape index (κ3) is 6.60. The molecule has 2 heterocycles. The Bertz CT molecular complexity index is 674. The highest BCUT2D eigenvalue weighted by molar-refractivity contribution is 5.79. The Morgan fingerprint density at radius 1 is 0.857 bits per heavy atom. The molecule has 3 rings (SSSR count). The number of unbranched alkanes of at least 4 members (excludes halogenated alkanes) is 1. The van der Waals surface area contributed by atoms with Gasteiger partial charge in [-0.1, -0.05) is 18.2 Å². The molecule has 0 saturated carbocycles. The molecule has 0 radical (unpaired) electrons. The number of hydrogen-bond donors (Lipinski definition) is 2. The van der Waals surface area contributed by atoms with Gasteiger partial charge in [-0.2, -0.15) is 0 Å². The highest BCUT2D eigenvalue weighted by Gasteiger charge is 2.16. The molecule has 0 atom stereocenters. The monoisotopic (exact) mass is 382 g/mol. The van der Waals surface area contributed by atoms with Crippen molar-refractivity contribution in [1.29, 1.82) is 0 Å². The van der Waals surface area contributed by atoms with Crippen LogP contribution in [0.4, 0.5) is 5.69 Å². The number of anilines is 1. The minimum absolute atomic E-state index is 0.875. The lowest BCUT2D eigenvalue weighted by molar-refractivity contribution is 0.253. The number of nitrogens with one attached hydrogen (secondary N) is 2. The lowest BCUT2D eigenvalue weighted by atomic mass is 10.2. The average molecular weight is 383 g/mol. The van der Waals surface area contributed by atoms with Gasteiger partial charge in [0.25, 0.3) is 0 Å². The van der Waals surface area contributed by atoms with Crippen molar-refractivity contribution in [2.75, 3.05) is 57.8 Å². The van der Waals surface area contributed by atoms with Gasteiger partial charge in [0.15, 0.2) is 5.96 Å². The van der Waals surface area contributed by atoms with Crippen molar-refractivity contribution in [2.24, 2.45) is 4.99 Å². The first-order chi connectivity index (χ1) is 13.8. The lowest BCUT2D eigenvalue weighted by Gasteiger charge is -2.36. The molecular weight excluding hydrogens is 348 g/mol. The zero-order valence-electron chi connectivity index (χ0n) is 17.1. The summed E-state index contributed by atoms with van der Waals surface area (Å²) in [4.78, 5) is 9.38. The van der Waals surface area contributed by atoms with Gasteiger partial charge in [-0.3, -0.25) is 9.89 Å². The van der Waals surface area contributed by atoms with Crippen LogP contribution in [0.5, 0.6) is 0 Å². The number of benzene rings is 1. The van der Waals surface area contributed by atoms with Crippen LogP contribution in [0, 0.1) is 0 Å². The first kappa shape index (κ1) is 20.3. The summed E-state index contributed by atoms with van der Waals surface area (Å²) in [6.45, 7) is 8.54. The van der Waals surface area contributed by atoms with Crippen LogP contribution in [0.15, 0.2) is 59.9 Å². The molecule has 1 saturated heterocycles. The molecule has 2 aromatic rings. The number of aromatic nitrogens is 1. The van der Waals surface area contributed by atoms with Crippen LogP contribution in [-0.4, -0.2) is 68.3 Å². The van der Waals surface area contributed by atoms with Gasteiger partial charge < -0.3 is 20.1 Å². The summed E-state index contributed by atoms with van der Waals surface area (Å²) < 4.78 is 2.16. The number of hydrogen-bond acceptors (Lipinski definition) is 3. The van der Waals surface area contributed by atoms with E-state index in [1.54, 1.807) is 0 Å². The fourth-order valence-corrected chi connectivity index (χ4v) is 3.58. The van der Waals surface area contributed by atoms with E-state index < -0.39 is 0 Å². The third-order valence-electron chi connectivity index (χ3n) is 5.24. The summed E-state index contributed by atoms with van der Waals surface area (Å²) in [6.07, 6.45) is 6.55. The highest BCUT2D eigenvalue weighted by atomic mass is 15.3. The second-order valence-electron chi connectivity index (χ2n) is 7.22. The molecule has 0 bridgehead atoms. The first-order valence-corrected chi connectivity index (χ1v) is 10.4. The Hall–Kier alpha value is -2.47. The summed E-state index contributed by atoms with van der Waals surface area (Å²) in [5, 5.41) is 6.79. The third-order valence-corrected chi connectivity index (χ3v) is 5.24.